The lowest BCUT2D eigenvalue weighted by Crippen LogP contribution is -2.00. The van der Waals surface area contributed by atoms with Crippen LogP contribution in [0.1, 0.15) is 9.60 Å². The highest BCUT2D eigenvalue weighted by Crippen LogP contribution is 2.37. The maximum atomic E-state index is 9.86. The summed E-state index contributed by atoms with van der Waals surface area (Å²) in [7, 11) is 0. The van der Waals surface area contributed by atoms with Crippen molar-refractivity contribution in [2.24, 2.45) is 0 Å². The van der Waals surface area contributed by atoms with Gasteiger partial charge in [0.05, 0.1) is 20.6 Å². The molecule has 0 aliphatic carbocycles. The average Bonchev–Trinajstić information content (AvgIpc) is 3.81. The van der Waals surface area contributed by atoms with Gasteiger partial charge in [-0.2, -0.15) is 0 Å². The first kappa shape index (κ1) is 21.9. The first-order valence-corrected chi connectivity index (χ1v) is 16.1. The van der Waals surface area contributed by atoms with E-state index < -0.39 is 12.1 Å². The van der Waals surface area contributed by atoms with Gasteiger partial charge in [-0.05, 0) is 47.5 Å². The molecule has 0 saturated heterocycles. The van der Waals surface area contributed by atoms with Crippen molar-refractivity contribution in [1.82, 2.24) is 19.5 Å². The van der Waals surface area contributed by atoms with E-state index in [-0.39, 0.29) is 63.4 Å². The number of hydrogen-bond acceptors (Lipinski definition) is 4. The van der Waals surface area contributed by atoms with Crippen LogP contribution in [0, 0.1) is 0 Å². The normalized spacial score (nSPS) is 13.6. The summed E-state index contributed by atoms with van der Waals surface area (Å²) in [5.41, 5.74) is 5.37. The number of benzene rings is 7. The average molecular weight is 648 g/mol. The molecule has 50 heavy (non-hydrogen) atoms. The number of para-hydroxylation sites is 2. The monoisotopic (exact) mass is 647 g/mol. The molecule has 10 aromatic rings. The van der Waals surface area contributed by atoms with Crippen LogP contribution in [0.25, 0.3) is 94.7 Å². The van der Waals surface area contributed by atoms with E-state index in [4.69, 9.17) is 24.9 Å². The van der Waals surface area contributed by atoms with E-state index >= 15 is 0 Å². The molecule has 0 bridgehead atoms. The van der Waals surface area contributed by atoms with Crippen LogP contribution in [0.4, 0.5) is 0 Å². The van der Waals surface area contributed by atoms with E-state index in [1.54, 1.807) is 16.7 Å². The Kier molecular flexibility index (Phi) is 4.99. The highest BCUT2D eigenvalue weighted by atomic mass is 16.3. The zero-order valence-electron chi connectivity index (χ0n) is 33.3. The van der Waals surface area contributed by atoms with E-state index in [1.165, 1.54) is 0 Å². The predicted octanol–water partition coefficient (Wildman–Crippen LogP) is 11.5. The predicted molar refractivity (Wildman–Crippen MR) is 203 cm³/mol. The second-order valence-electron chi connectivity index (χ2n) is 11.9. The maximum Gasteiger partial charge on any atom is 0.164 e. The third kappa shape index (κ3) is 4.67. The molecule has 0 amide bonds. The molecular formula is C45H28N4O. The molecule has 0 radical (unpaired) electrons. The third-order valence-electron chi connectivity index (χ3n) is 8.92. The van der Waals surface area contributed by atoms with E-state index in [9.17, 15) is 4.11 Å². The lowest BCUT2D eigenvalue weighted by atomic mass is 10.0. The van der Waals surface area contributed by atoms with Crippen molar-refractivity contribution in [2.75, 3.05) is 0 Å². The highest BCUT2D eigenvalue weighted by Gasteiger charge is 2.18. The molecule has 0 saturated carbocycles. The molecule has 5 heteroatoms. The lowest BCUT2D eigenvalue weighted by molar-refractivity contribution is 0.669. The largest absolute Gasteiger partial charge is 0.456 e. The Balaban J connectivity index is 1.28. The smallest absolute Gasteiger partial charge is 0.164 e. The van der Waals surface area contributed by atoms with Crippen LogP contribution in [-0.2, 0) is 0 Å². The molecular weight excluding hydrogens is 613 g/mol. The summed E-state index contributed by atoms with van der Waals surface area (Å²) in [6, 6.07) is 37.6. The number of furan rings is 1. The van der Waals surface area contributed by atoms with Gasteiger partial charge in [0.2, 0.25) is 0 Å². The first-order chi connectivity index (χ1) is 27.7. The second-order valence-corrected chi connectivity index (χ2v) is 11.9. The van der Waals surface area contributed by atoms with E-state index in [0.717, 1.165) is 21.9 Å². The van der Waals surface area contributed by atoms with Gasteiger partial charge >= 0.3 is 0 Å². The van der Waals surface area contributed by atoms with Crippen molar-refractivity contribution in [3.8, 4) is 51.0 Å². The van der Waals surface area contributed by atoms with Crippen molar-refractivity contribution >= 4 is 43.7 Å². The molecule has 0 fully saturated rings. The number of aromatic nitrogens is 4. The van der Waals surface area contributed by atoms with E-state index in [2.05, 4.69) is 0 Å². The lowest BCUT2D eigenvalue weighted by Gasteiger charge is -2.11. The van der Waals surface area contributed by atoms with E-state index in [1.807, 2.05) is 115 Å². The van der Waals surface area contributed by atoms with Crippen molar-refractivity contribution in [3.63, 3.8) is 0 Å². The molecule has 7 aromatic carbocycles. The molecule has 10 rings (SSSR count). The molecule has 0 unspecified atom stereocenters. The highest BCUT2D eigenvalue weighted by molar-refractivity contribution is 6.11. The minimum atomic E-state index is -0.475. The van der Waals surface area contributed by atoms with Crippen LogP contribution >= 0.6 is 0 Å². The summed E-state index contributed by atoms with van der Waals surface area (Å²) in [6.07, 6.45) is 0. The van der Waals surface area contributed by atoms with Gasteiger partial charge in [-0.25, -0.2) is 15.0 Å². The summed E-state index contributed by atoms with van der Waals surface area (Å²) in [5.74, 6) is 0.621. The number of nitrogens with zero attached hydrogens (tertiary/aromatic N) is 4. The topological polar surface area (TPSA) is 56.7 Å². The summed E-state index contributed by atoms with van der Waals surface area (Å²) in [6.45, 7) is 0. The van der Waals surface area contributed by atoms with Crippen LogP contribution in [-0.4, -0.2) is 19.5 Å². The fourth-order valence-corrected chi connectivity index (χ4v) is 6.51. The standard InChI is InChI=1S/C45H28N4O/c1-3-11-29(12-4-1)30-19-21-32(22-20-30)44-46-43(31-13-5-2-6-14-31)47-45(48-44)33-23-25-36-35-15-7-9-17-39(35)49(40(36)27-33)34-24-26-42-38(28-34)37-16-8-10-18-41(37)50-42/h1-28H/i7D,9D,15D,17D,23D,25D,27D. The minimum absolute atomic E-state index is 0.00373. The van der Waals surface area contributed by atoms with Crippen LogP contribution in [0.3, 0.4) is 0 Å². The fraction of sp³-hybridized carbons (Fsp3) is 0. The Labute approximate surface area is 297 Å². The second kappa shape index (κ2) is 11.4. The Bertz CT molecular complexity index is 3260. The summed E-state index contributed by atoms with van der Waals surface area (Å²) < 4.78 is 71.7. The maximum absolute atomic E-state index is 9.86. The molecule has 0 aliphatic heterocycles. The molecule has 3 heterocycles. The zero-order valence-corrected chi connectivity index (χ0v) is 26.3. The molecule has 234 valence electrons. The van der Waals surface area contributed by atoms with Gasteiger partial charge in [0.15, 0.2) is 17.5 Å². The quantitative estimate of drug-likeness (QED) is 0.186. The molecule has 3 aromatic heterocycles. The van der Waals surface area contributed by atoms with Crippen LogP contribution in [0.2, 0.25) is 0 Å². The van der Waals surface area contributed by atoms with Gasteiger partial charge in [0.25, 0.3) is 0 Å². The Morgan fingerprint density at radius 3 is 1.80 bits per heavy atom. The van der Waals surface area contributed by atoms with Gasteiger partial charge in [-0.15, -0.1) is 0 Å². The molecule has 5 nitrogen and oxygen atoms in total. The van der Waals surface area contributed by atoms with Crippen LogP contribution in [0.5, 0.6) is 0 Å². The summed E-state index contributed by atoms with van der Waals surface area (Å²) in [4.78, 5) is 14.5. The third-order valence-corrected chi connectivity index (χ3v) is 8.92. The fourth-order valence-electron chi connectivity index (χ4n) is 6.51. The molecule has 0 atom stereocenters. The Morgan fingerprint density at radius 2 is 1.02 bits per heavy atom. The van der Waals surface area contributed by atoms with Gasteiger partial charge < -0.3 is 8.98 Å². The van der Waals surface area contributed by atoms with Crippen molar-refractivity contribution < 1.29 is 14.0 Å². The Morgan fingerprint density at radius 1 is 0.440 bits per heavy atom. The molecule has 0 aliphatic rings. The van der Waals surface area contributed by atoms with Crippen molar-refractivity contribution in [1.29, 1.82) is 0 Å². The zero-order chi connectivity index (χ0) is 39.1. The van der Waals surface area contributed by atoms with Crippen LogP contribution < -0.4 is 0 Å². The first-order valence-electron chi connectivity index (χ1n) is 19.6. The number of hydrogen-bond donors (Lipinski definition) is 0. The summed E-state index contributed by atoms with van der Waals surface area (Å²) in [5, 5.41) is 1.72. The van der Waals surface area contributed by atoms with Gasteiger partial charge in [-0.1, -0.05) is 133 Å². The molecule has 0 spiro atoms. The van der Waals surface area contributed by atoms with Crippen LogP contribution in [0.15, 0.2) is 174 Å². The van der Waals surface area contributed by atoms with Gasteiger partial charge in [-0.3, -0.25) is 0 Å². The van der Waals surface area contributed by atoms with Crippen molar-refractivity contribution in [2.45, 2.75) is 0 Å². The SMILES string of the molecule is [2H]c1c([2H])c([2H])c2c(c1[2H])c1c([2H])c([2H])c(-c3nc(-c4ccccc4)nc(-c4ccc(-c5ccccc5)cc4)n3)c([2H])c1n2-c1ccc2oc3ccccc3c2c1. The van der Waals surface area contributed by atoms with Gasteiger partial charge in [0, 0.05) is 43.9 Å². The Hall–Kier alpha value is -6.85. The van der Waals surface area contributed by atoms with E-state index in [0.29, 0.717) is 39.6 Å². The molecule has 0 N–H and O–H groups in total. The summed E-state index contributed by atoms with van der Waals surface area (Å²) >= 11 is 0. The number of fused-ring (bicyclic) bond motifs is 6. The van der Waals surface area contributed by atoms with Crippen molar-refractivity contribution in [3.05, 3.63) is 170 Å². The minimum Gasteiger partial charge on any atom is -0.456 e. The number of rotatable bonds is 5. The van der Waals surface area contributed by atoms with Gasteiger partial charge in [0.1, 0.15) is 11.2 Å².